The maximum atomic E-state index is 5.23. The van der Waals surface area contributed by atoms with Crippen LogP contribution in [0.25, 0.3) is 0 Å². The molecule has 2 nitrogen and oxygen atoms in total. The number of rotatable bonds is 9. The summed E-state index contributed by atoms with van der Waals surface area (Å²) in [6, 6.07) is 0.688. The summed E-state index contributed by atoms with van der Waals surface area (Å²) < 4.78 is 5.23. The van der Waals surface area contributed by atoms with E-state index in [1.807, 2.05) is 0 Å². The van der Waals surface area contributed by atoms with Gasteiger partial charge in [0.1, 0.15) is 0 Å². The normalized spacial score (nSPS) is 20.8. The van der Waals surface area contributed by atoms with E-state index < -0.39 is 0 Å². The van der Waals surface area contributed by atoms with Gasteiger partial charge in [0.25, 0.3) is 0 Å². The molecule has 1 saturated heterocycles. The van der Waals surface area contributed by atoms with Gasteiger partial charge in [0.05, 0.1) is 0 Å². The molecule has 1 rings (SSSR count). The van der Waals surface area contributed by atoms with Crippen molar-refractivity contribution in [1.29, 1.82) is 0 Å². The second kappa shape index (κ2) is 10.1. The first-order chi connectivity index (χ1) is 8.77. The molecule has 0 amide bonds. The predicted octanol–water partition coefficient (Wildman–Crippen LogP) is 3.56. The second-order valence-electron chi connectivity index (χ2n) is 5.61. The molecule has 2 atom stereocenters. The third-order valence-corrected chi connectivity index (χ3v) is 5.10. The highest BCUT2D eigenvalue weighted by Crippen LogP contribution is 2.28. The molecule has 0 aromatic rings. The van der Waals surface area contributed by atoms with Crippen LogP contribution < -0.4 is 5.32 Å². The summed E-state index contributed by atoms with van der Waals surface area (Å²) in [4.78, 5) is 0. The van der Waals surface area contributed by atoms with Crippen LogP contribution in [0.5, 0.6) is 0 Å². The van der Waals surface area contributed by atoms with E-state index in [1.54, 1.807) is 7.11 Å². The van der Waals surface area contributed by atoms with Crippen molar-refractivity contribution in [1.82, 2.24) is 5.32 Å². The van der Waals surface area contributed by atoms with Gasteiger partial charge in [0, 0.05) is 19.8 Å². The number of hydrogen-bond acceptors (Lipinski definition) is 3. The fourth-order valence-electron chi connectivity index (χ4n) is 2.69. The molecule has 1 aliphatic heterocycles. The average Bonchev–Trinajstić information content (AvgIpc) is 2.42. The SMILES string of the molecule is CCCNC(CC1CCSCC1)C(C)CCOC. The van der Waals surface area contributed by atoms with E-state index in [2.05, 4.69) is 30.9 Å². The van der Waals surface area contributed by atoms with Crippen molar-refractivity contribution >= 4 is 11.8 Å². The minimum atomic E-state index is 0.688. The highest BCUT2D eigenvalue weighted by atomic mass is 32.2. The Morgan fingerprint density at radius 1 is 1.33 bits per heavy atom. The van der Waals surface area contributed by atoms with Crippen LogP contribution in [0, 0.1) is 11.8 Å². The zero-order valence-electron chi connectivity index (χ0n) is 12.4. The monoisotopic (exact) mass is 273 g/mol. The Labute approximate surface area is 118 Å². The second-order valence-corrected chi connectivity index (χ2v) is 6.84. The van der Waals surface area contributed by atoms with Gasteiger partial charge in [-0.2, -0.15) is 11.8 Å². The van der Waals surface area contributed by atoms with Gasteiger partial charge >= 0.3 is 0 Å². The molecule has 18 heavy (non-hydrogen) atoms. The molecule has 2 unspecified atom stereocenters. The maximum Gasteiger partial charge on any atom is 0.0465 e. The maximum absolute atomic E-state index is 5.23. The van der Waals surface area contributed by atoms with E-state index in [0.29, 0.717) is 6.04 Å². The van der Waals surface area contributed by atoms with Crippen molar-refractivity contribution in [3.63, 3.8) is 0 Å². The summed E-state index contributed by atoms with van der Waals surface area (Å²) in [5, 5.41) is 3.76. The van der Waals surface area contributed by atoms with Crippen LogP contribution in [0.1, 0.15) is 46.0 Å². The largest absolute Gasteiger partial charge is 0.385 e. The van der Waals surface area contributed by atoms with Crippen molar-refractivity contribution in [2.24, 2.45) is 11.8 Å². The molecule has 3 heteroatoms. The highest BCUT2D eigenvalue weighted by Gasteiger charge is 2.22. The van der Waals surface area contributed by atoms with E-state index in [0.717, 1.165) is 25.0 Å². The van der Waals surface area contributed by atoms with Gasteiger partial charge in [-0.15, -0.1) is 0 Å². The molecule has 1 aliphatic rings. The first kappa shape index (κ1) is 16.3. The Hall–Kier alpha value is 0.270. The third kappa shape index (κ3) is 6.44. The number of nitrogens with one attached hydrogen (secondary N) is 1. The Morgan fingerprint density at radius 3 is 2.67 bits per heavy atom. The molecule has 1 heterocycles. The van der Waals surface area contributed by atoms with E-state index >= 15 is 0 Å². The average molecular weight is 273 g/mol. The zero-order chi connectivity index (χ0) is 13.2. The highest BCUT2D eigenvalue weighted by molar-refractivity contribution is 7.99. The fraction of sp³-hybridized carbons (Fsp3) is 1.00. The third-order valence-electron chi connectivity index (χ3n) is 4.05. The van der Waals surface area contributed by atoms with Gasteiger partial charge in [0.15, 0.2) is 0 Å². The van der Waals surface area contributed by atoms with E-state index in [9.17, 15) is 0 Å². The van der Waals surface area contributed by atoms with E-state index in [-0.39, 0.29) is 0 Å². The summed E-state index contributed by atoms with van der Waals surface area (Å²) >= 11 is 2.13. The molecule has 0 aromatic heterocycles. The van der Waals surface area contributed by atoms with E-state index in [4.69, 9.17) is 4.74 Å². The number of methoxy groups -OCH3 is 1. The van der Waals surface area contributed by atoms with Gasteiger partial charge < -0.3 is 10.1 Å². The number of hydrogen-bond donors (Lipinski definition) is 1. The lowest BCUT2D eigenvalue weighted by molar-refractivity contribution is 0.164. The standard InChI is InChI=1S/C15H31NOS/c1-4-8-16-15(13(2)5-9-17-3)12-14-6-10-18-11-7-14/h13-16H,4-12H2,1-3H3. The Bertz CT molecular complexity index is 195. The zero-order valence-corrected chi connectivity index (χ0v) is 13.2. The first-order valence-corrected chi connectivity index (χ1v) is 8.73. The van der Waals surface area contributed by atoms with Crippen LogP contribution in [-0.4, -0.2) is 37.8 Å². The lowest BCUT2D eigenvalue weighted by Gasteiger charge is -2.31. The summed E-state index contributed by atoms with van der Waals surface area (Å²) in [6.07, 6.45) is 6.62. The lowest BCUT2D eigenvalue weighted by Crippen LogP contribution is -2.38. The van der Waals surface area contributed by atoms with Crippen LogP contribution in [0.2, 0.25) is 0 Å². The molecule has 0 aliphatic carbocycles. The fourth-order valence-corrected chi connectivity index (χ4v) is 3.90. The van der Waals surface area contributed by atoms with Gasteiger partial charge in [-0.25, -0.2) is 0 Å². The minimum absolute atomic E-state index is 0.688. The van der Waals surface area contributed by atoms with Gasteiger partial charge in [0.2, 0.25) is 0 Å². The summed E-state index contributed by atoms with van der Waals surface area (Å²) in [5.41, 5.74) is 0. The minimum Gasteiger partial charge on any atom is -0.385 e. The van der Waals surface area contributed by atoms with Crippen LogP contribution in [-0.2, 0) is 4.74 Å². The molecule has 0 saturated carbocycles. The van der Waals surface area contributed by atoms with Crippen molar-refractivity contribution in [2.75, 3.05) is 31.8 Å². The summed E-state index contributed by atoms with van der Waals surface area (Å²) in [5.74, 6) is 4.42. The van der Waals surface area contributed by atoms with Gasteiger partial charge in [-0.1, -0.05) is 13.8 Å². The molecule has 0 aromatic carbocycles. The van der Waals surface area contributed by atoms with E-state index in [1.165, 1.54) is 43.6 Å². The lowest BCUT2D eigenvalue weighted by atomic mass is 9.87. The molecule has 0 spiro atoms. The number of ether oxygens (including phenoxy) is 1. The Morgan fingerprint density at radius 2 is 2.06 bits per heavy atom. The predicted molar refractivity (Wildman–Crippen MR) is 82.4 cm³/mol. The topological polar surface area (TPSA) is 21.3 Å². The smallest absolute Gasteiger partial charge is 0.0465 e. The van der Waals surface area contributed by atoms with Gasteiger partial charge in [-0.05, 0) is 62.0 Å². The molecule has 0 bridgehead atoms. The van der Waals surface area contributed by atoms with Crippen molar-refractivity contribution in [3.8, 4) is 0 Å². The molecule has 1 N–H and O–H groups in total. The van der Waals surface area contributed by atoms with Crippen molar-refractivity contribution < 1.29 is 4.74 Å². The molecular formula is C15H31NOS. The molecular weight excluding hydrogens is 242 g/mol. The van der Waals surface area contributed by atoms with Crippen LogP contribution in [0.4, 0.5) is 0 Å². The van der Waals surface area contributed by atoms with Gasteiger partial charge in [-0.3, -0.25) is 0 Å². The van der Waals surface area contributed by atoms with Crippen molar-refractivity contribution in [3.05, 3.63) is 0 Å². The molecule has 108 valence electrons. The first-order valence-electron chi connectivity index (χ1n) is 7.58. The van der Waals surface area contributed by atoms with Crippen LogP contribution >= 0.6 is 11.8 Å². The van der Waals surface area contributed by atoms with Crippen molar-refractivity contribution in [2.45, 2.75) is 52.0 Å². The van der Waals surface area contributed by atoms with Crippen LogP contribution in [0.3, 0.4) is 0 Å². The molecule has 1 fully saturated rings. The summed E-state index contributed by atoms with van der Waals surface area (Å²) in [7, 11) is 1.81. The Balaban J connectivity index is 2.37. The number of thioether (sulfide) groups is 1. The molecule has 0 radical (unpaired) electrons. The summed E-state index contributed by atoms with van der Waals surface area (Å²) in [6.45, 7) is 6.68. The van der Waals surface area contributed by atoms with Crippen LogP contribution in [0.15, 0.2) is 0 Å². The Kier molecular flexibility index (Phi) is 9.16. The quantitative estimate of drug-likeness (QED) is 0.694.